The zero-order chi connectivity index (χ0) is 14.5. The van der Waals surface area contributed by atoms with E-state index in [1.807, 2.05) is 0 Å². The van der Waals surface area contributed by atoms with Crippen LogP contribution in [0.25, 0.3) is 5.69 Å². The van der Waals surface area contributed by atoms with Crippen LogP contribution >= 0.6 is 11.6 Å². The second-order valence-corrected chi connectivity index (χ2v) is 5.22. The Balaban J connectivity index is 2.20. The molecule has 1 heterocycles. The van der Waals surface area contributed by atoms with Gasteiger partial charge in [0.15, 0.2) is 5.69 Å². The number of nitrogens with zero attached hydrogens (tertiary/aromatic N) is 2. The van der Waals surface area contributed by atoms with Gasteiger partial charge in [0.2, 0.25) is 0 Å². The molecule has 7 heteroatoms. The molecule has 0 bridgehead atoms. The van der Waals surface area contributed by atoms with Gasteiger partial charge in [-0.2, -0.15) is 18.3 Å². The highest BCUT2D eigenvalue weighted by molar-refractivity contribution is 6.32. The van der Waals surface area contributed by atoms with E-state index >= 15 is 0 Å². The van der Waals surface area contributed by atoms with Crippen LogP contribution < -0.4 is 5.73 Å². The lowest BCUT2D eigenvalue weighted by molar-refractivity contribution is -0.141. The SMILES string of the molecule is Nc1cccc(Cl)c1-n1nc(C(F)(F)F)cc1C1CC1. The molecule has 0 spiro atoms. The van der Waals surface area contributed by atoms with Gasteiger partial charge in [0.1, 0.15) is 5.69 Å². The molecule has 0 saturated heterocycles. The van der Waals surface area contributed by atoms with Crippen LogP contribution in [0.2, 0.25) is 5.02 Å². The van der Waals surface area contributed by atoms with Crippen LogP contribution in [0.3, 0.4) is 0 Å². The third kappa shape index (κ3) is 2.24. The summed E-state index contributed by atoms with van der Waals surface area (Å²) < 4.78 is 39.8. The Morgan fingerprint density at radius 1 is 1.30 bits per heavy atom. The molecule has 1 fully saturated rings. The molecule has 1 aliphatic rings. The van der Waals surface area contributed by atoms with Crippen molar-refractivity contribution in [1.82, 2.24) is 9.78 Å². The summed E-state index contributed by atoms with van der Waals surface area (Å²) in [7, 11) is 0. The molecule has 0 atom stereocenters. The minimum absolute atomic E-state index is 0.0919. The van der Waals surface area contributed by atoms with E-state index in [0.29, 0.717) is 17.1 Å². The third-order valence-electron chi connectivity index (χ3n) is 3.25. The van der Waals surface area contributed by atoms with Crippen molar-refractivity contribution in [3.8, 4) is 5.69 Å². The number of rotatable bonds is 2. The quantitative estimate of drug-likeness (QED) is 0.852. The number of hydrogen-bond donors (Lipinski definition) is 1. The summed E-state index contributed by atoms with van der Waals surface area (Å²) in [6.07, 6.45) is -2.77. The van der Waals surface area contributed by atoms with Crippen molar-refractivity contribution >= 4 is 17.3 Å². The maximum Gasteiger partial charge on any atom is 0.435 e. The summed E-state index contributed by atoms with van der Waals surface area (Å²) in [5.74, 6) is 0.0919. The molecule has 1 saturated carbocycles. The first-order chi connectivity index (χ1) is 9.38. The van der Waals surface area contributed by atoms with Crippen LogP contribution in [-0.4, -0.2) is 9.78 Å². The fourth-order valence-electron chi connectivity index (χ4n) is 2.14. The van der Waals surface area contributed by atoms with E-state index in [1.54, 1.807) is 18.2 Å². The van der Waals surface area contributed by atoms with Crippen LogP contribution in [0.1, 0.15) is 30.1 Å². The number of para-hydroxylation sites is 1. The van der Waals surface area contributed by atoms with Gasteiger partial charge in [0.05, 0.1) is 10.7 Å². The molecule has 2 aromatic rings. The molecule has 0 unspecified atom stereocenters. The lowest BCUT2D eigenvalue weighted by Crippen LogP contribution is -2.09. The Kier molecular flexibility index (Phi) is 2.93. The van der Waals surface area contributed by atoms with Gasteiger partial charge >= 0.3 is 6.18 Å². The Hall–Kier alpha value is -1.69. The van der Waals surface area contributed by atoms with E-state index in [9.17, 15) is 13.2 Å². The number of nitrogens with two attached hydrogens (primary N) is 1. The zero-order valence-corrected chi connectivity index (χ0v) is 11.0. The topological polar surface area (TPSA) is 43.8 Å². The average Bonchev–Trinajstić information content (AvgIpc) is 3.08. The predicted molar refractivity (Wildman–Crippen MR) is 70.0 cm³/mol. The second-order valence-electron chi connectivity index (χ2n) is 4.82. The molecule has 0 radical (unpaired) electrons. The van der Waals surface area contributed by atoms with Gasteiger partial charge < -0.3 is 5.73 Å². The van der Waals surface area contributed by atoms with E-state index in [0.717, 1.165) is 18.9 Å². The van der Waals surface area contributed by atoms with E-state index in [2.05, 4.69) is 5.10 Å². The van der Waals surface area contributed by atoms with Crippen molar-refractivity contribution in [3.63, 3.8) is 0 Å². The maximum absolute atomic E-state index is 12.8. The summed E-state index contributed by atoms with van der Waals surface area (Å²) in [6, 6.07) is 5.90. The van der Waals surface area contributed by atoms with Gasteiger partial charge in [0.25, 0.3) is 0 Å². The van der Waals surface area contributed by atoms with Gasteiger partial charge in [-0.05, 0) is 31.0 Å². The number of hydrogen-bond acceptors (Lipinski definition) is 2. The van der Waals surface area contributed by atoms with Crippen LogP contribution in [0.4, 0.5) is 18.9 Å². The highest BCUT2D eigenvalue weighted by Gasteiger charge is 2.38. The summed E-state index contributed by atoms with van der Waals surface area (Å²) >= 11 is 6.06. The summed E-state index contributed by atoms with van der Waals surface area (Å²) in [4.78, 5) is 0. The fourth-order valence-corrected chi connectivity index (χ4v) is 2.40. The number of nitrogen functional groups attached to an aromatic ring is 1. The molecule has 2 N–H and O–H groups in total. The molecule has 3 nitrogen and oxygen atoms in total. The first kappa shape index (κ1) is 13.3. The van der Waals surface area contributed by atoms with E-state index in [4.69, 9.17) is 17.3 Å². The summed E-state index contributed by atoms with van der Waals surface area (Å²) in [5.41, 5.74) is 6.04. The van der Waals surface area contributed by atoms with Crippen molar-refractivity contribution in [1.29, 1.82) is 0 Å². The molecule has 1 aromatic carbocycles. The summed E-state index contributed by atoms with van der Waals surface area (Å²) in [6.45, 7) is 0. The van der Waals surface area contributed by atoms with Crippen LogP contribution in [0, 0.1) is 0 Å². The maximum atomic E-state index is 12.8. The minimum Gasteiger partial charge on any atom is -0.397 e. The Bertz CT molecular complexity index is 639. The first-order valence-corrected chi connectivity index (χ1v) is 6.47. The zero-order valence-electron chi connectivity index (χ0n) is 10.3. The molecule has 20 heavy (non-hydrogen) atoms. The van der Waals surface area contributed by atoms with E-state index in [-0.39, 0.29) is 10.9 Å². The Morgan fingerprint density at radius 2 is 2.00 bits per heavy atom. The molecular formula is C13H11ClF3N3. The normalized spacial score (nSPS) is 15.6. The van der Waals surface area contributed by atoms with Gasteiger partial charge in [-0.25, -0.2) is 4.68 Å². The molecule has 106 valence electrons. The van der Waals surface area contributed by atoms with Crippen molar-refractivity contribution < 1.29 is 13.2 Å². The minimum atomic E-state index is -4.48. The van der Waals surface area contributed by atoms with Crippen molar-refractivity contribution in [2.45, 2.75) is 24.9 Å². The van der Waals surface area contributed by atoms with Gasteiger partial charge in [-0.15, -0.1) is 0 Å². The van der Waals surface area contributed by atoms with Crippen molar-refractivity contribution in [3.05, 3.63) is 40.7 Å². The second kappa shape index (κ2) is 4.41. The van der Waals surface area contributed by atoms with Gasteiger partial charge in [0, 0.05) is 11.6 Å². The smallest absolute Gasteiger partial charge is 0.397 e. The molecule has 0 aliphatic heterocycles. The largest absolute Gasteiger partial charge is 0.435 e. The fraction of sp³-hybridized carbons (Fsp3) is 0.308. The lowest BCUT2D eigenvalue weighted by Gasteiger charge is -2.11. The highest BCUT2D eigenvalue weighted by Crippen LogP contribution is 2.44. The monoisotopic (exact) mass is 301 g/mol. The van der Waals surface area contributed by atoms with Crippen molar-refractivity contribution in [2.24, 2.45) is 0 Å². The van der Waals surface area contributed by atoms with E-state index < -0.39 is 11.9 Å². The Morgan fingerprint density at radius 3 is 2.55 bits per heavy atom. The summed E-state index contributed by atoms with van der Waals surface area (Å²) in [5, 5.41) is 3.94. The standard InChI is InChI=1S/C13H11ClF3N3/c14-8-2-1-3-9(18)12(8)20-10(7-4-5-7)6-11(19-20)13(15,16)17/h1-3,6-7H,4-5,18H2. The number of aromatic nitrogens is 2. The number of alkyl halides is 3. The molecule has 1 aromatic heterocycles. The van der Waals surface area contributed by atoms with Crippen LogP contribution in [0.15, 0.2) is 24.3 Å². The molecule has 3 rings (SSSR count). The number of anilines is 1. The van der Waals surface area contributed by atoms with Gasteiger partial charge in [-0.3, -0.25) is 0 Å². The third-order valence-corrected chi connectivity index (χ3v) is 3.56. The highest BCUT2D eigenvalue weighted by atomic mass is 35.5. The number of benzene rings is 1. The average molecular weight is 302 g/mol. The molecule has 1 aliphatic carbocycles. The predicted octanol–water partition coefficient (Wildman–Crippen LogP) is 4.00. The lowest BCUT2D eigenvalue weighted by atomic mass is 10.2. The Labute approximate surface area is 118 Å². The van der Waals surface area contributed by atoms with Crippen LogP contribution in [-0.2, 0) is 6.18 Å². The van der Waals surface area contributed by atoms with Crippen LogP contribution in [0.5, 0.6) is 0 Å². The molecular weight excluding hydrogens is 291 g/mol. The number of halogens is 4. The van der Waals surface area contributed by atoms with E-state index in [1.165, 1.54) is 4.68 Å². The first-order valence-electron chi connectivity index (χ1n) is 6.09. The van der Waals surface area contributed by atoms with Crippen molar-refractivity contribution in [2.75, 3.05) is 5.73 Å². The molecule has 0 amide bonds. The van der Waals surface area contributed by atoms with Gasteiger partial charge in [-0.1, -0.05) is 17.7 Å².